The summed E-state index contributed by atoms with van der Waals surface area (Å²) < 4.78 is 5.21. The first-order valence-corrected chi connectivity index (χ1v) is 8.59. The molecule has 0 atom stereocenters. The highest BCUT2D eigenvalue weighted by molar-refractivity contribution is 6.07. The number of carboxylic acid groups (broad SMARTS) is 1. The van der Waals surface area contributed by atoms with Gasteiger partial charge in [-0.1, -0.05) is 18.2 Å². The van der Waals surface area contributed by atoms with Crippen LogP contribution in [0.1, 0.15) is 12.0 Å². The van der Waals surface area contributed by atoms with Crippen LogP contribution < -0.4 is 10.3 Å². The van der Waals surface area contributed by atoms with Gasteiger partial charge in [0.05, 0.1) is 7.11 Å². The molecule has 0 aliphatic carbocycles. The van der Waals surface area contributed by atoms with E-state index < -0.39 is 5.97 Å². The first-order chi connectivity index (χ1) is 13.1. The molecule has 0 saturated heterocycles. The Morgan fingerprint density at radius 2 is 1.85 bits per heavy atom. The van der Waals surface area contributed by atoms with Gasteiger partial charge in [0.2, 0.25) is 0 Å². The van der Waals surface area contributed by atoms with Crippen molar-refractivity contribution >= 4 is 27.8 Å². The van der Waals surface area contributed by atoms with Gasteiger partial charge in [-0.05, 0) is 47.4 Å². The van der Waals surface area contributed by atoms with Crippen molar-refractivity contribution in [3.05, 3.63) is 64.6 Å². The van der Waals surface area contributed by atoms with Crippen LogP contribution in [0.25, 0.3) is 32.9 Å². The SMILES string of the molecule is COc1ccc(-c2ccc3[nH]c(=O)c4[nH]cc(CCC(=O)O)c4c3c2)cc1. The highest BCUT2D eigenvalue weighted by atomic mass is 16.5. The van der Waals surface area contributed by atoms with Crippen LogP contribution in [0.3, 0.4) is 0 Å². The number of hydrogen-bond donors (Lipinski definition) is 3. The second kappa shape index (κ2) is 6.64. The Kier molecular flexibility index (Phi) is 4.16. The van der Waals surface area contributed by atoms with Crippen molar-refractivity contribution in [1.82, 2.24) is 9.97 Å². The van der Waals surface area contributed by atoms with E-state index in [0.717, 1.165) is 38.7 Å². The highest BCUT2D eigenvalue weighted by Crippen LogP contribution is 2.30. The fourth-order valence-corrected chi connectivity index (χ4v) is 3.40. The Hall–Kier alpha value is -3.54. The van der Waals surface area contributed by atoms with Crippen LogP contribution in [0.2, 0.25) is 0 Å². The number of H-pyrrole nitrogens is 2. The number of pyridine rings is 1. The maximum atomic E-state index is 12.4. The number of rotatable bonds is 5. The molecule has 0 aliphatic heterocycles. The van der Waals surface area contributed by atoms with Gasteiger partial charge < -0.3 is 19.8 Å². The van der Waals surface area contributed by atoms with E-state index in [-0.39, 0.29) is 12.0 Å². The summed E-state index contributed by atoms with van der Waals surface area (Å²) in [6, 6.07) is 13.6. The minimum atomic E-state index is -0.864. The summed E-state index contributed by atoms with van der Waals surface area (Å²) in [5.74, 6) is -0.0785. The fourth-order valence-electron chi connectivity index (χ4n) is 3.40. The average Bonchev–Trinajstić information content (AvgIpc) is 3.11. The molecular weight excluding hydrogens is 344 g/mol. The van der Waals surface area contributed by atoms with Crippen LogP contribution in [-0.2, 0) is 11.2 Å². The Labute approximate surface area is 154 Å². The predicted molar refractivity (Wildman–Crippen MR) is 104 cm³/mol. The number of hydrogen-bond acceptors (Lipinski definition) is 3. The molecule has 2 aromatic carbocycles. The first kappa shape index (κ1) is 16.9. The second-order valence-corrected chi connectivity index (χ2v) is 6.40. The molecule has 6 heteroatoms. The van der Waals surface area contributed by atoms with Crippen LogP contribution >= 0.6 is 0 Å². The molecule has 4 rings (SSSR count). The van der Waals surface area contributed by atoms with Gasteiger partial charge in [0.25, 0.3) is 5.56 Å². The van der Waals surface area contributed by atoms with E-state index >= 15 is 0 Å². The molecule has 136 valence electrons. The van der Waals surface area contributed by atoms with E-state index in [0.29, 0.717) is 11.9 Å². The van der Waals surface area contributed by atoms with Crippen molar-refractivity contribution in [1.29, 1.82) is 0 Å². The Morgan fingerprint density at radius 3 is 2.56 bits per heavy atom. The molecule has 0 radical (unpaired) electrons. The fraction of sp³-hybridized carbons (Fsp3) is 0.143. The monoisotopic (exact) mass is 362 g/mol. The largest absolute Gasteiger partial charge is 0.497 e. The third-order valence-electron chi connectivity index (χ3n) is 4.76. The highest BCUT2D eigenvalue weighted by Gasteiger charge is 2.13. The molecule has 0 bridgehead atoms. The molecule has 3 N–H and O–H groups in total. The number of ether oxygens (including phenoxy) is 1. The van der Waals surface area contributed by atoms with Crippen LogP contribution in [0.4, 0.5) is 0 Å². The Balaban J connectivity index is 1.91. The van der Waals surface area contributed by atoms with Crippen molar-refractivity contribution in [3.63, 3.8) is 0 Å². The maximum absolute atomic E-state index is 12.4. The number of carbonyl (C=O) groups is 1. The number of methoxy groups -OCH3 is 1. The van der Waals surface area contributed by atoms with Crippen LogP contribution in [0.5, 0.6) is 5.75 Å². The van der Waals surface area contributed by atoms with Gasteiger partial charge in [-0.15, -0.1) is 0 Å². The molecule has 4 aromatic rings. The van der Waals surface area contributed by atoms with Gasteiger partial charge in [-0.25, -0.2) is 0 Å². The van der Waals surface area contributed by atoms with Crippen molar-refractivity contribution in [3.8, 4) is 16.9 Å². The minimum Gasteiger partial charge on any atom is -0.497 e. The summed E-state index contributed by atoms with van der Waals surface area (Å²) in [7, 11) is 1.63. The zero-order chi connectivity index (χ0) is 19.0. The van der Waals surface area contributed by atoms with E-state index in [4.69, 9.17) is 9.84 Å². The lowest BCUT2D eigenvalue weighted by molar-refractivity contribution is -0.136. The number of aromatic nitrogens is 2. The van der Waals surface area contributed by atoms with E-state index in [9.17, 15) is 9.59 Å². The molecule has 0 aliphatic rings. The van der Waals surface area contributed by atoms with Crippen molar-refractivity contribution in [2.75, 3.05) is 7.11 Å². The van der Waals surface area contributed by atoms with Gasteiger partial charge in [0.1, 0.15) is 11.3 Å². The molecule has 0 saturated carbocycles. The zero-order valence-electron chi connectivity index (χ0n) is 14.7. The number of aryl methyl sites for hydroxylation is 1. The number of fused-ring (bicyclic) bond motifs is 3. The molecule has 2 aromatic heterocycles. The molecule has 0 unspecified atom stereocenters. The van der Waals surface area contributed by atoms with Crippen LogP contribution in [0, 0.1) is 0 Å². The van der Waals surface area contributed by atoms with Gasteiger partial charge in [0, 0.05) is 28.9 Å². The summed E-state index contributed by atoms with van der Waals surface area (Å²) in [5, 5.41) is 10.7. The van der Waals surface area contributed by atoms with E-state index in [2.05, 4.69) is 9.97 Å². The third kappa shape index (κ3) is 3.06. The van der Waals surface area contributed by atoms with Crippen molar-refractivity contribution in [2.45, 2.75) is 12.8 Å². The summed E-state index contributed by atoms with van der Waals surface area (Å²) in [6.07, 6.45) is 2.10. The Bertz CT molecular complexity index is 1200. The molecule has 6 nitrogen and oxygen atoms in total. The lowest BCUT2D eigenvalue weighted by Crippen LogP contribution is -2.06. The summed E-state index contributed by atoms with van der Waals surface area (Å²) >= 11 is 0. The Morgan fingerprint density at radius 1 is 1.11 bits per heavy atom. The van der Waals surface area contributed by atoms with E-state index in [1.165, 1.54) is 0 Å². The molecule has 0 fully saturated rings. The number of carboxylic acids is 1. The lowest BCUT2D eigenvalue weighted by atomic mass is 9.99. The van der Waals surface area contributed by atoms with Gasteiger partial charge >= 0.3 is 5.97 Å². The van der Waals surface area contributed by atoms with Gasteiger partial charge in [-0.2, -0.15) is 0 Å². The number of nitrogens with one attached hydrogen (secondary N) is 2. The summed E-state index contributed by atoms with van der Waals surface area (Å²) in [6.45, 7) is 0. The van der Waals surface area contributed by atoms with Gasteiger partial charge in [0.15, 0.2) is 0 Å². The van der Waals surface area contributed by atoms with Crippen molar-refractivity contribution in [2.24, 2.45) is 0 Å². The molecule has 0 amide bonds. The molecule has 0 spiro atoms. The quantitative estimate of drug-likeness (QED) is 0.504. The predicted octanol–water partition coefficient (Wildman–Crippen LogP) is 3.70. The smallest absolute Gasteiger partial charge is 0.303 e. The molecule has 27 heavy (non-hydrogen) atoms. The maximum Gasteiger partial charge on any atom is 0.303 e. The van der Waals surface area contributed by atoms with Gasteiger partial charge in [-0.3, -0.25) is 9.59 Å². The second-order valence-electron chi connectivity index (χ2n) is 6.40. The zero-order valence-corrected chi connectivity index (χ0v) is 14.7. The number of aromatic amines is 2. The van der Waals surface area contributed by atoms with E-state index in [1.54, 1.807) is 13.3 Å². The third-order valence-corrected chi connectivity index (χ3v) is 4.76. The summed E-state index contributed by atoms with van der Waals surface area (Å²) in [5.41, 5.74) is 3.84. The normalized spacial score (nSPS) is 11.1. The van der Waals surface area contributed by atoms with Crippen LogP contribution in [0.15, 0.2) is 53.5 Å². The lowest BCUT2D eigenvalue weighted by Gasteiger charge is -2.08. The van der Waals surface area contributed by atoms with Crippen LogP contribution in [-0.4, -0.2) is 28.2 Å². The first-order valence-electron chi connectivity index (χ1n) is 8.59. The molecular formula is C21H18N2O4. The minimum absolute atomic E-state index is 0.0133. The average molecular weight is 362 g/mol. The number of benzene rings is 2. The summed E-state index contributed by atoms with van der Waals surface area (Å²) in [4.78, 5) is 29.2. The topological polar surface area (TPSA) is 95.2 Å². The van der Waals surface area contributed by atoms with E-state index in [1.807, 2.05) is 42.5 Å². The van der Waals surface area contributed by atoms with Crippen molar-refractivity contribution < 1.29 is 14.6 Å². The number of aliphatic carboxylic acids is 1. The standard InChI is InChI=1S/C21H18N2O4/c1-27-15-6-2-12(3-7-15)13-4-8-17-16(10-13)19-14(5-9-18(24)25)11-22-20(19)21(26)23-17/h2-4,6-8,10-11,22H,5,9H2,1H3,(H,23,26)(H,24,25). The molecule has 2 heterocycles.